The fourth-order valence-electron chi connectivity index (χ4n) is 3.62. The lowest BCUT2D eigenvalue weighted by molar-refractivity contribution is -0.0494. The largest absolute Gasteiger partial charge is 0.511 e. The number of ether oxygens (including phenoxy) is 1. The maximum atomic E-state index is 12.7. The predicted octanol–water partition coefficient (Wildman–Crippen LogP) is 2.03. The van der Waals surface area contributed by atoms with Gasteiger partial charge in [-0.25, -0.2) is 8.42 Å². The third-order valence-corrected chi connectivity index (χ3v) is 6.88. The highest BCUT2D eigenvalue weighted by atomic mass is 32.2. The third kappa shape index (κ3) is 4.95. The van der Waals surface area contributed by atoms with Gasteiger partial charge in [-0.15, -0.1) is 0 Å². The van der Waals surface area contributed by atoms with E-state index in [0.717, 1.165) is 17.7 Å². The zero-order chi connectivity index (χ0) is 21.1. The lowest BCUT2D eigenvalue weighted by atomic mass is 9.93. The number of hydrogen-bond donors (Lipinski definition) is 2. The molecule has 29 heavy (non-hydrogen) atoms. The Bertz CT molecular complexity index is 837. The molecule has 1 aromatic rings. The zero-order valence-corrected chi connectivity index (χ0v) is 16.9. The Morgan fingerprint density at radius 1 is 1.24 bits per heavy atom. The van der Waals surface area contributed by atoms with Crippen molar-refractivity contribution in [2.24, 2.45) is 4.99 Å². The van der Waals surface area contributed by atoms with E-state index in [9.17, 15) is 21.6 Å². The Kier molecular flexibility index (Phi) is 6.57. The number of halogens is 3. The van der Waals surface area contributed by atoms with Gasteiger partial charge >= 0.3 is 15.5 Å². The van der Waals surface area contributed by atoms with Crippen molar-refractivity contribution < 1.29 is 26.3 Å². The van der Waals surface area contributed by atoms with Crippen LogP contribution in [0.25, 0.3) is 0 Å². The lowest BCUT2D eigenvalue weighted by Crippen LogP contribution is -2.52. The van der Waals surface area contributed by atoms with E-state index >= 15 is 0 Å². The van der Waals surface area contributed by atoms with Crippen molar-refractivity contribution in [3.05, 3.63) is 29.8 Å². The van der Waals surface area contributed by atoms with Crippen LogP contribution in [0.4, 0.5) is 13.2 Å². The molecule has 11 heteroatoms. The molecule has 0 bridgehead atoms. The molecule has 2 N–H and O–H groups in total. The van der Waals surface area contributed by atoms with Gasteiger partial charge in [0.1, 0.15) is 5.75 Å². The van der Waals surface area contributed by atoms with Crippen molar-refractivity contribution in [3.8, 4) is 5.75 Å². The van der Waals surface area contributed by atoms with Crippen LogP contribution in [-0.4, -0.2) is 63.5 Å². The van der Waals surface area contributed by atoms with Gasteiger partial charge in [-0.1, -0.05) is 18.2 Å². The van der Waals surface area contributed by atoms with Gasteiger partial charge in [0.2, 0.25) is 0 Å². The van der Waals surface area contributed by atoms with E-state index in [1.807, 2.05) is 24.3 Å². The second-order valence-corrected chi connectivity index (χ2v) is 9.02. The number of rotatable bonds is 4. The molecule has 2 aliphatic rings. The second kappa shape index (κ2) is 8.78. The number of sulfonamides is 1. The Morgan fingerprint density at radius 2 is 1.93 bits per heavy atom. The highest BCUT2D eigenvalue weighted by molar-refractivity contribution is 7.90. The minimum Gasteiger partial charge on any atom is -0.493 e. The first-order valence-electron chi connectivity index (χ1n) is 9.47. The quantitative estimate of drug-likeness (QED) is 0.560. The average Bonchev–Trinajstić information content (AvgIpc) is 2.70. The van der Waals surface area contributed by atoms with Crippen molar-refractivity contribution in [3.63, 3.8) is 0 Å². The molecule has 0 radical (unpaired) electrons. The Hall–Kier alpha value is -2.01. The van der Waals surface area contributed by atoms with Crippen LogP contribution in [-0.2, 0) is 10.0 Å². The monoisotopic (exact) mass is 434 g/mol. The van der Waals surface area contributed by atoms with E-state index in [4.69, 9.17) is 4.74 Å². The molecule has 2 heterocycles. The molecule has 1 fully saturated rings. The minimum absolute atomic E-state index is 0.150. The van der Waals surface area contributed by atoms with Crippen molar-refractivity contribution in [2.45, 2.75) is 36.7 Å². The van der Waals surface area contributed by atoms with E-state index in [0.29, 0.717) is 23.4 Å². The Morgan fingerprint density at radius 3 is 2.59 bits per heavy atom. The topological polar surface area (TPSA) is 83.0 Å². The zero-order valence-electron chi connectivity index (χ0n) is 16.1. The summed E-state index contributed by atoms with van der Waals surface area (Å²) >= 11 is 0. The molecule has 1 atom stereocenters. The van der Waals surface area contributed by atoms with Crippen molar-refractivity contribution in [1.82, 2.24) is 14.9 Å². The number of aliphatic imine (C=N–C) groups is 1. The number of benzene rings is 1. The molecule has 0 saturated carbocycles. The fraction of sp³-hybridized carbons (Fsp3) is 0.611. The summed E-state index contributed by atoms with van der Waals surface area (Å²) < 4.78 is 67.2. The van der Waals surface area contributed by atoms with Crippen LogP contribution in [0.2, 0.25) is 0 Å². The maximum Gasteiger partial charge on any atom is 0.511 e. The summed E-state index contributed by atoms with van der Waals surface area (Å²) in [4.78, 5) is 4.18. The Labute approximate surface area is 168 Å². The molecule has 0 amide bonds. The van der Waals surface area contributed by atoms with Gasteiger partial charge in [-0.3, -0.25) is 4.99 Å². The van der Waals surface area contributed by atoms with Crippen LogP contribution in [0.15, 0.2) is 29.3 Å². The summed E-state index contributed by atoms with van der Waals surface area (Å²) in [7, 11) is -3.64. The number of guanidine groups is 1. The first-order valence-corrected chi connectivity index (χ1v) is 10.9. The van der Waals surface area contributed by atoms with E-state index in [1.165, 1.54) is 0 Å². The van der Waals surface area contributed by atoms with E-state index in [2.05, 4.69) is 15.6 Å². The first-order chi connectivity index (χ1) is 13.7. The summed E-state index contributed by atoms with van der Waals surface area (Å²) in [6, 6.07) is 7.73. The third-order valence-electron chi connectivity index (χ3n) is 5.25. The molecular formula is C18H25F3N4O3S. The van der Waals surface area contributed by atoms with Gasteiger partial charge in [0.25, 0.3) is 0 Å². The van der Waals surface area contributed by atoms with E-state index in [1.54, 1.807) is 7.05 Å². The maximum absolute atomic E-state index is 12.7. The summed E-state index contributed by atoms with van der Waals surface area (Å²) in [5, 5.41) is 6.45. The van der Waals surface area contributed by atoms with Crippen molar-refractivity contribution in [1.29, 1.82) is 0 Å². The molecule has 1 unspecified atom stereocenters. The van der Waals surface area contributed by atoms with Crippen LogP contribution in [0.3, 0.4) is 0 Å². The number of nitrogens with zero attached hydrogens (tertiary/aromatic N) is 2. The normalized spacial score (nSPS) is 21.9. The molecule has 3 rings (SSSR count). The van der Waals surface area contributed by atoms with E-state index < -0.39 is 15.5 Å². The molecular weight excluding hydrogens is 409 g/mol. The molecule has 7 nitrogen and oxygen atoms in total. The van der Waals surface area contributed by atoms with Crippen LogP contribution in [0.5, 0.6) is 5.75 Å². The van der Waals surface area contributed by atoms with Crippen LogP contribution < -0.4 is 15.4 Å². The molecule has 2 aliphatic heterocycles. The summed E-state index contributed by atoms with van der Waals surface area (Å²) in [5.41, 5.74) is -4.13. The summed E-state index contributed by atoms with van der Waals surface area (Å²) in [5.74, 6) is 1.69. The van der Waals surface area contributed by atoms with Gasteiger partial charge in [0.15, 0.2) is 5.96 Å². The van der Waals surface area contributed by atoms with Crippen LogP contribution >= 0.6 is 0 Å². The number of hydrogen-bond acceptors (Lipinski definition) is 4. The van der Waals surface area contributed by atoms with Crippen LogP contribution in [0, 0.1) is 0 Å². The van der Waals surface area contributed by atoms with E-state index in [-0.39, 0.29) is 37.9 Å². The number of nitrogens with one attached hydrogen (secondary N) is 2. The predicted molar refractivity (Wildman–Crippen MR) is 103 cm³/mol. The first kappa shape index (κ1) is 21.7. The van der Waals surface area contributed by atoms with Gasteiger partial charge in [0.05, 0.1) is 6.61 Å². The van der Waals surface area contributed by atoms with Crippen molar-refractivity contribution >= 4 is 16.0 Å². The Balaban J connectivity index is 1.51. The second-order valence-electron chi connectivity index (χ2n) is 7.09. The van der Waals surface area contributed by atoms with Gasteiger partial charge in [0, 0.05) is 38.6 Å². The molecule has 0 spiro atoms. The number of fused-ring (bicyclic) bond motifs is 1. The molecule has 0 aliphatic carbocycles. The average molecular weight is 434 g/mol. The SMILES string of the molecule is CN=C(NCC1CCOc2ccccc21)NC1CCN(S(=O)(=O)C(F)(F)F)CC1. The lowest BCUT2D eigenvalue weighted by Gasteiger charge is -2.33. The molecule has 0 aromatic heterocycles. The van der Waals surface area contributed by atoms with Gasteiger partial charge in [-0.05, 0) is 30.9 Å². The fourth-order valence-corrected chi connectivity index (χ4v) is 4.61. The highest BCUT2D eigenvalue weighted by Gasteiger charge is 2.50. The smallest absolute Gasteiger partial charge is 0.493 e. The summed E-state index contributed by atoms with van der Waals surface area (Å²) in [6.07, 6.45) is 1.42. The van der Waals surface area contributed by atoms with Gasteiger partial charge in [-0.2, -0.15) is 17.5 Å². The van der Waals surface area contributed by atoms with Crippen molar-refractivity contribution in [2.75, 3.05) is 33.3 Å². The molecule has 1 saturated heterocycles. The molecule has 162 valence electrons. The van der Waals surface area contributed by atoms with Gasteiger partial charge < -0.3 is 15.4 Å². The number of piperidine rings is 1. The molecule has 1 aromatic carbocycles. The summed E-state index contributed by atoms with van der Waals surface area (Å²) in [6.45, 7) is 0.927. The standard InChI is InChI=1S/C18H25F3N4O3S/c1-22-17(23-12-13-8-11-28-16-5-3-2-4-15(13)16)24-14-6-9-25(10-7-14)29(26,27)18(19,20)21/h2-5,13-14H,6-12H2,1H3,(H2,22,23,24). The minimum atomic E-state index is -5.26. The number of para-hydroxylation sites is 1. The number of alkyl halides is 3. The van der Waals surface area contributed by atoms with Crippen LogP contribution in [0.1, 0.15) is 30.7 Å². The highest BCUT2D eigenvalue weighted by Crippen LogP contribution is 2.33.